The summed E-state index contributed by atoms with van der Waals surface area (Å²) in [5.74, 6) is -0.279. The van der Waals surface area contributed by atoms with Crippen LogP contribution in [0, 0.1) is 19.8 Å². The van der Waals surface area contributed by atoms with Crippen LogP contribution in [0.5, 0.6) is 0 Å². The van der Waals surface area contributed by atoms with E-state index in [-0.39, 0.29) is 17.7 Å². The lowest BCUT2D eigenvalue weighted by molar-refractivity contribution is -0.143. The summed E-state index contributed by atoms with van der Waals surface area (Å²) >= 11 is 4.43. The van der Waals surface area contributed by atoms with Crippen LogP contribution in [0.4, 0.5) is 10.5 Å². The molecule has 8 heteroatoms. The Hall–Kier alpha value is -3.52. The van der Waals surface area contributed by atoms with Gasteiger partial charge in [-0.2, -0.15) is 12.6 Å². The number of ether oxygens (including phenoxy) is 1. The fourth-order valence-corrected chi connectivity index (χ4v) is 5.46. The molecule has 3 unspecified atom stereocenters. The standard InChI is InChI=1S/C35H47N3O4S/c1-22(2)13-14-25(5)38(33(40)30(21-43)37-34(41)42-35(6,7)8)31(28-18-23(3)17-24(4)19-28)32(39)36-29-16-15-26-11-9-10-12-27(26)20-29/h9-12,15-20,22,25,30-31,43H,13-14,21H2,1-8H3,(H,36,39)(H,37,41). The normalized spacial score (nSPS) is 13.7. The van der Waals surface area contributed by atoms with Crippen molar-refractivity contribution in [3.05, 3.63) is 77.4 Å². The number of anilines is 1. The molecular weight excluding hydrogens is 558 g/mol. The molecule has 0 radical (unpaired) electrons. The van der Waals surface area contributed by atoms with Gasteiger partial charge in [-0.15, -0.1) is 0 Å². The number of aryl methyl sites for hydroxylation is 2. The van der Waals surface area contributed by atoms with Crippen molar-refractivity contribution in [3.63, 3.8) is 0 Å². The van der Waals surface area contributed by atoms with Gasteiger partial charge >= 0.3 is 6.09 Å². The third-order valence-corrected chi connectivity index (χ3v) is 7.53. The largest absolute Gasteiger partial charge is 0.444 e. The van der Waals surface area contributed by atoms with Gasteiger partial charge < -0.3 is 20.3 Å². The zero-order valence-corrected chi connectivity index (χ0v) is 27.6. The lowest BCUT2D eigenvalue weighted by Crippen LogP contribution is -2.55. The summed E-state index contributed by atoms with van der Waals surface area (Å²) in [6.07, 6.45) is 0.833. The predicted octanol–water partition coefficient (Wildman–Crippen LogP) is 7.61. The summed E-state index contributed by atoms with van der Waals surface area (Å²) in [6, 6.07) is 17.4. The fraction of sp³-hybridized carbons (Fsp3) is 0.457. The zero-order chi connectivity index (χ0) is 31.9. The Labute approximate surface area is 262 Å². The van der Waals surface area contributed by atoms with Crippen molar-refractivity contribution in [1.82, 2.24) is 10.2 Å². The molecule has 7 nitrogen and oxygen atoms in total. The summed E-state index contributed by atoms with van der Waals surface area (Å²) in [5.41, 5.74) is 2.57. The number of benzene rings is 3. The first kappa shape index (κ1) is 34.0. The molecule has 43 heavy (non-hydrogen) atoms. The number of carbonyl (C=O) groups excluding carboxylic acids is 3. The van der Waals surface area contributed by atoms with Crippen LogP contribution in [0.1, 0.15) is 77.1 Å². The highest BCUT2D eigenvalue weighted by Crippen LogP contribution is 2.31. The van der Waals surface area contributed by atoms with E-state index in [1.807, 2.05) is 81.4 Å². The third kappa shape index (κ3) is 9.75. The van der Waals surface area contributed by atoms with E-state index in [1.54, 1.807) is 25.7 Å². The molecule has 0 aliphatic heterocycles. The number of alkyl carbamates (subject to hydrolysis) is 1. The molecule has 0 aromatic heterocycles. The Kier molecular flexibility index (Phi) is 11.7. The Morgan fingerprint density at radius 3 is 2.09 bits per heavy atom. The SMILES string of the molecule is Cc1cc(C)cc(C(C(=O)Nc2ccc3ccccc3c2)N(C(=O)C(CS)NC(=O)OC(C)(C)C)C(C)CCC(C)C)c1. The molecule has 0 heterocycles. The highest BCUT2D eigenvalue weighted by Gasteiger charge is 2.38. The highest BCUT2D eigenvalue weighted by molar-refractivity contribution is 7.80. The van der Waals surface area contributed by atoms with Crippen molar-refractivity contribution in [2.24, 2.45) is 5.92 Å². The number of nitrogens with one attached hydrogen (secondary N) is 2. The van der Waals surface area contributed by atoms with Crippen LogP contribution in [0.3, 0.4) is 0 Å². The van der Waals surface area contributed by atoms with Crippen molar-refractivity contribution in [2.75, 3.05) is 11.1 Å². The lowest BCUT2D eigenvalue weighted by Gasteiger charge is -2.38. The van der Waals surface area contributed by atoms with Crippen LogP contribution in [0.2, 0.25) is 0 Å². The molecule has 2 N–H and O–H groups in total. The average Bonchev–Trinajstić information content (AvgIpc) is 2.91. The van der Waals surface area contributed by atoms with E-state index in [2.05, 4.69) is 37.1 Å². The average molecular weight is 606 g/mol. The Morgan fingerprint density at radius 1 is 0.884 bits per heavy atom. The van der Waals surface area contributed by atoms with Crippen molar-refractivity contribution >= 4 is 47.0 Å². The van der Waals surface area contributed by atoms with Crippen molar-refractivity contribution in [1.29, 1.82) is 0 Å². The van der Waals surface area contributed by atoms with Crippen molar-refractivity contribution < 1.29 is 19.1 Å². The van der Waals surface area contributed by atoms with Gasteiger partial charge in [0.1, 0.15) is 17.7 Å². The second-order valence-electron chi connectivity index (χ2n) is 12.8. The predicted molar refractivity (Wildman–Crippen MR) is 179 cm³/mol. The first-order valence-electron chi connectivity index (χ1n) is 15.0. The summed E-state index contributed by atoms with van der Waals surface area (Å²) in [5, 5.41) is 7.86. The molecule has 0 aliphatic rings. The molecule has 0 saturated carbocycles. The van der Waals surface area contributed by atoms with E-state index < -0.39 is 29.7 Å². The molecule has 0 spiro atoms. The Morgan fingerprint density at radius 2 is 1.51 bits per heavy atom. The van der Waals surface area contributed by atoms with Gasteiger partial charge in [-0.05, 0) is 88.8 Å². The molecule has 3 atom stereocenters. The number of hydrogen-bond acceptors (Lipinski definition) is 5. The second kappa shape index (κ2) is 14.8. The van der Waals surface area contributed by atoms with Crippen LogP contribution >= 0.6 is 12.6 Å². The third-order valence-electron chi connectivity index (χ3n) is 7.17. The molecule has 3 amide bonds. The van der Waals surface area contributed by atoms with Gasteiger partial charge in [0.05, 0.1) is 0 Å². The van der Waals surface area contributed by atoms with Gasteiger partial charge in [0, 0.05) is 17.5 Å². The summed E-state index contributed by atoms with van der Waals surface area (Å²) < 4.78 is 5.44. The van der Waals surface area contributed by atoms with Gasteiger partial charge in [-0.3, -0.25) is 9.59 Å². The van der Waals surface area contributed by atoms with E-state index in [0.29, 0.717) is 23.6 Å². The second-order valence-corrected chi connectivity index (χ2v) is 13.2. The highest BCUT2D eigenvalue weighted by atomic mass is 32.1. The number of nitrogens with zero attached hydrogens (tertiary/aromatic N) is 1. The fourth-order valence-electron chi connectivity index (χ4n) is 5.21. The monoisotopic (exact) mass is 605 g/mol. The molecule has 0 aliphatic carbocycles. The molecule has 3 rings (SSSR count). The van der Waals surface area contributed by atoms with Gasteiger partial charge in [-0.25, -0.2) is 4.79 Å². The first-order chi connectivity index (χ1) is 20.2. The molecule has 232 valence electrons. The van der Waals surface area contributed by atoms with Gasteiger partial charge in [0.2, 0.25) is 5.91 Å². The molecule has 0 saturated heterocycles. The van der Waals surface area contributed by atoms with E-state index in [4.69, 9.17) is 4.74 Å². The maximum atomic E-state index is 14.4. The summed E-state index contributed by atoms with van der Waals surface area (Å²) in [7, 11) is 0. The number of carbonyl (C=O) groups is 3. The topological polar surface area (TPSA) is 87.7 Å². The first-order valence-corrected chi connectivity index (χ1v) is 15.6. The minimum atomic E-state index is -0.999. The number of thiol groups is 1. The van der Waals surface area contributed by atoms with Crippen LogP contribution < -0.4 is 10.6 Å². The van der Waals surface area contributed by atoms with Crippen LogP contribution in [-0.2, 0) is 14.3 Å². The van der Waals surface area contributed by atoms with Crippen LogP contribution in [0.25, 0.3) is 10.8 Å². The number of amides is 3. The minimum Gasteiger partial charge on any atom is -0.444 e. The van der Waals surface area contributed by atoms with Gasteiger partial charge in [0.25, 0.3) is 5.91 Å². The zero-order valence-electron chi connectivity index (χ0n) is 26.7. The summed E-state index contributed by atoms with van der Waals surface area (Å²) in [4.78, 5) is 43.1. The van der Waals surface area contributed by atoms with E-state index in [0.717, 1.165) is 28.3 Å². The van der Waals surface area contributed by atoms with Crippen LogP contribution in [0.15, 0.2) is 60.7 Å². The molecule has 0 bridgehead atoms. The van der Waals surface area contributed by atoms with E-state index >= 15 is 0 Å². The number of rotatable bonds is 11. The van der Waals surface area contributed by atoms with Gasteiger partial charge in [0.15, 0.2) is 0 Å². The van der Waals surface area contributed by atoms with E-state index in [1.165, 1.54) is 0 Å². The quantitative estimate of drug-likeness (QED) is 0.196. The summed E-state index contributed by atoms with van der Waals surface area (Å²) in [6.45, 7) is 15.5. The molecular formula is C35H47N3O4S. The smallest absolute Gasteiger partial charge is 0.408 e. The molecule has 0 fully saturated rings. The molecule has 3 aromatic rings. The van der Waals surface area contributed by atoms with Gasteiger partial charge in [-0.1, -0.05) is 73.5 Å². The van der Waals surface area contributed by atoms with E-state index in [9.17, 15) is 14.4 Å². The maximum Gasteiger partial charge on any atom is 0.408 e. The van der Waals surface area contributed by atoms with Crippen molar-refractivity contribution in [3.8, 4) is 0 Å². The number of fused-ring (bicyclic) bond motifs is 1. The van der Waals surface area contributed by atoms with Crippen LogP contribution in [-0.4, -0.2) is 46.2 Å². The van der Waals surface area contributed by atoms with Crippen molar-refractivity contribution in [2.45, 2.75) is 92.0 Å². The Bertz CT molecular complexity index is 1410. The minimum absolute atomic E-state index is 0.0390. The molecule has 3 aromatic carbocycles. The Balaban J connectivity index is 2.09. The maximum absolute atomic E-state index is 14.4. The lowest BCUT2D eigenvalue weighted by atomic mass is 9.95. The number of hydrogen-bond donors (Lipinski definition) is 3.